The van der Waals surface area contributed by atoms with Gasteiger partial charge >= 0.3 is 5.63 Å². The van der Waals surface area contributed by atoms with E-state index in [1.165, 1.54) is 10.9 Å². The number of ether oxygens (including phenoxy) is 1. The fourth-order valence-corrected chi connectivity index (χ4v) is 3.75. The van der Waals surface area contributed by atoms with Crippen LogP contribution in [0.4, 0.5) is 0 Å². The van der Waals surface area contributed by atoms with Crippen molar-refractivity contribution in [1.29, 1.82) is 0 Å². The molecule has 0 atom stereocenters. The first-order valence-electron chi connectivity index (χ1n) is 8.41. The molecule has 1 aromatic carbocycles. The number of hydrazone groups is 1. The first kappa shape index (κ1) is 18.8. The van der Waals surface area contributed by atoms with Gasteiger partial charge in [0.2, 0.25) is 0 Å². The highest BCUT2D eigenvalue weighted by Gasteiger charge is 2.08. The standard InChI is InChI=1S/C20H20N2O4S/c1-11-7-20(24)26-18-9-15(5-6-16(11)18)25-10-19(23)22-21-13(3)17-8-12(2)27-14(17)4/h5-9H,10H2,1-4H3,(H,22,23)/b21-13-. The van der Waals surface area contributed by atoms with Crippen LogP contribution in [0.2, 0.25) is 0 Å². The molecule has 2 aromatic heterocycles. The van der Waals surface area contributed by atoms with Crippen molar-refractivity contribution >= 4 is 33.9 Å². The van der Waals surface area contributed by atoms with Crippen LogP contribution in [-0.4, -0.2) is 18.2 Å². The molecule has 3 aromatic rings. The summed E-state index contributed by atoms with van der Waals surface area (Å²) in [7, 11) is 0. The number of aryl methyl sites for hydroxylation is 3. The van der Waals surface area contributed by atoms with Gasteiger partial charge in [0.1, 0.15) is 11.3 Å². The van der Waals surface area contributed by atoms with E-state index in [1.54, 1.807) is 29.5 Å². The van der Waals surface area contributed by atoms with Crippen LogP contribution in [0.1, 0.15) is 27.8 Å². The van der Waals surface area contributed by atoms with Crippen LogP contribution in [0.15, 0.2) is 44.6 Å². The Morgan fingerprint density at radius 3 is 2.70 bits per heavy atom. The van der Waals surface area contributed by atoms with E-state index in [0.717, 1.165) is 27.1 Å². The lowest BCUT2D eigenvalue weighted by molar-refractivity contribution is -0.123. The van der Waals surface area contributed by atoms with E-state index < -0.39 is 5.63 Å². The van der Waals surface area contributed by atoms with E-state index in [9.17, 15) is 9.59 Å². The number of benzene rings is 1. The second-order valence-corrected chi connectivity index (χ2v) is 7.71. The van der Waals surface area contributed by atoms with E-state index in [0.29, 0.717) is 11.3 Å². The summed E-state index contributed by atoms with van der Waals surface area (Å²) in [6.07, 6.45) is 0. The summed E-state index contributed by atoms with van der Waals surface area (Å²) >= 11 is 1.69. The number of carbonyl (C=O) groups is 1. The van der Waals surface area contributed by atoms with Crippen LogP contribution in [0, 0.1) is 20.8 Å². The molecule has 6 nitrogen and oxygen atoms in total. The maximum absolute atomic E-state index is 12.0. The molecule has 0 fully saturated rings. The van der Waals surface area contributed by atoms with Crippen LogP contribution in [0.25, 0.3) is 11.0 Å². The quantitative estimate of drug-likeness (QED) is 0.413. The average Bonchev–Trinajstić information content (AvgIpc) is 2.95. The van der Waals surface area contributed by atoms with Crippen molar-refractivity contribution in [3.63, 3.8) is 0 Å². The molecule has 0 aliphatic heterocycles. The third-order valence-electron chi connectivity index (χ3n) is 4.07. The first-order valence-corrected chi connectivity index (χ1v) is 9.23. The number of amides is 1. The Hall–Kier alpha value is -2.93. The largest absolute Gasteiger partial charge is 0.484 e. The molecular weight excluding hydrogens is 364 g/mol. The Morgan fingerprint density at radius 1 is 1.22 bits per heavy atom. The summed E-state index contributed by atoms with van der Waals surface area (Å²) in [5, 5.41) is 4.96. The summed E-state index contributed by atoms with van der Waals surface area (Å²) in [6.45, 7) is 7.55. The highest BCUT2D eigenvalue weighted by molar-refractivity contribution is 7.12. The zero-order valence-electron chi connectivity index (χ0n) is 15.6. The molecule has 27 heavy (non-hydrogen) atoms. The number of fused-ring (bicyclic) bond motifs is 1. The predicted octanol–water partition coefficient (Wildman–Crippen LogP) is 3.70. The molecule has 0 bridgehead atoms. The highest BCUT2D eigenvalue weighted by Crippen LogP contribution is 2.22. The maximum Gasteiger partial charge on any atom is 0.336 e. The van der Waals surface area contributed by atoms with Gasteiger partial charge in [-0.3, -0.25) is 4.79 Å². The van der Waals surface area contributed by atoms with Crippen LogP contribution < -0.4 is 15.8 Å². The zero-order valence-corrected chi connectivity index (χ0v) is 16.4. The molecule has 0 aliphatic rings. The number of nitrogens with zero attached hydrogens (tertiary/aromatic N) is 1. The number of nitrogens with one attached hydrogen (secondary N) is 1. The zero-order chi connectivity index (χ0) is 19.6. The molecule has 0 aliphatic carbocycles. The number of carbonyl (C=O) groups excluding carboxylic acids is 1. The van der Waals surface area contributed by atoms with Gasteiger partial charge in [0.15, 0.2) is 6.61 Å². The Balaban J connectivity index is 1.64. The molecule has 0 unspecified atom stereocenters. The minimum Gasteiger partial charge on any atom is -0.484 e. The highest BCUT2D eigenvalue weighted by atomic mass is 32.1. The molecule has 1 N–H and O–H groups in total. The van der Waals surface area contributed by atoms with E-state index in [1.807, 2.05) is 33.8 Å². The van der Waals surface area contributed by atoms with Crippen molar-refractivity contribution in [2.24, 2.45) is 5.10 Å². The summed E-state index contributed by atoms with van der Waals surface area (Å²) in [5.74, 6) is 0.0705. The molecule has 2 heterocycles. The topological polar surface area (TPSA) is 80.9 Å². The molecule has 1 amide bonds. The van der Waals surface area contributed by atoms with Crippen molar-refractivity contribution in [3.05, 3.63) is 61.6 Å². The van der Waals surface area contributed by atoms with E-state index >= 15 is 0 Å². The number of hydrogen-bond acceptors (Lipinski definition) is 6. The van der Waals surface area contributed by atoms with E-state index in [2.05, 4.69) is 10.5 Å². The second-order valence-electron chi connectivity index (χ2n) is 6.25. The van der Waals surface area contributed by atoms with Gasteiger partial charge in [0, 0.05) is 32.8 Å². The van der Waals surface area contributed by atoms with Crippen molar-refractivity contribution in [3.8, 4) is 5.75 Å². The third kappa shape index (κ3) is 4.43. The van der Waals surface area contributed by atoms with Crippen LogP contribution >= 0.6 is 11.3 Å². The van der Waals surface area contributed by atoms with Crippen LogP contribution in [0.5, 0.6) is 5.75 Å². The van der Waals surface area contributed by atoms with E-state index in [4.69, 9.17) is 9.15 Å². The maximum atomic E-state index is 12.0. The van der Waals surface area contributed by atoms with E-state index in [-0.39, 0.29) is 12.5 Å². The van der Waals surface area contributed by atoms with Gasteiger partial charge in [-0.05, 0) is 51.5 Å². The van der Waals surface area contributed by atoms with Crippen LogP contribution in [-0.2, 0) is 4.79 Å². The van der Waals surface area contributed by atoms with Crippen molar-refractivity contribution in [1.82, 2.24) is 5.43 Å². The number of thiophene rings is 1. The van der Waals surface area contributed by atoms with Gasteiger partial charge in [0.05, 0.1) is 5.71 Å². The average molecular weight is 384 g/mol. The molecular formula is C20H20N2O4S. The Bertz CT molecular complexity index is 1100. The van der Waals surface area contributed by atoms with Gasteiger partial charge in [-0.15, -0.1) is 11.3 Å². The van der Waals surface area contributed by atoms with Gasteiger partial charge in [-0.1, -0.05) is 0 Å². The molecule has 140 valence electrons. The lowest BCUT2D eigenvalue weighted by Gasteiger charge is -2.07. The van der Waals surface area contributed by atoms with Crippen molar-refractivity contribution < 1.29 is 13.9 Å². The Kier molecular flexibility index (Phi) is 5.41. The van der Waals surface area contributed by atoms with Gasteiger partial charge in [0.25, 0.3) is 5.91 Å². The van der Waals surface area contributed by atoms with Gasteiger partial charge < -0.3 is 9.15 Å². The molecule has 3 rings (SSSR count). The van der Waals surface area contributed by atoms with Crippen molar-refractivity contribution in [2.75, 3.05) is 6.61 Å². The summed E-state index contributed by atoms with van der Waals surface area (Å²) in [5.41, 5.74) is 5.10. The Labute approximate surface area is 160 Å². The number of rotatable bonds is 5. The predicted molar refractivity (Wildman–Crippen MR) is 107 cm³/mol. The summed E-state index contributed by atoms with van der Waals surface area (Å²) in [4.78, 5) is 25.8. The Morgan fingerprint density at radius 2 is 2.00 bits per heavy atom. The molecule has 0 saturated heterocycles. The van der Waals surface area contributed by atoms with Gasteiger partial charge in [-0.25, -0.2) is 10.2 Å². The lowest BCUT2D eigenvalue weighted by Crippen LogP contribution is -2.25. The van der Waals surface area contributed by atoms with Gasteiger partial charge in [-0.2, -0.15) is 5.10 Å². The van der Waals surface area contributed by atoms with Crippen molar-refractivity contribution in [2.45, 2.75) is 27.7 Å². The summed E-state index contributed by atoms with van der Waals surface area (Å²) < 4.78 is 10.7. The molecule has 0 radical (unpaired) electrons. The lowest BCUT2D eigenvalue weighted by atomic mass is 10.1. The molecule has 0 saturated carbocycles. The SMILES string of the molecule is C/C(=N/NC(=O)COc1ccc2c(C)cc(=O)oc2c1)c1cc(C)sc1C. The minimum absolute atomic E-state index is 0.194. The minimum atomic E-state index is -0.418. The second kappa shape index (κ2) is 7.75. The molecule has 0 spiro atoms. The fraction of sp³-hybridized carbons (Fsp3) is 0.250. The fourth-order valence-electron chi connectivity index (χ4n) is 2.77. The normalized spacial score (nSPS) is 11.6. The summed E-state index contributed by atoms with van der Waals surface area (Å²) in [6, 6.07) is 8.61. The third-order valence-corrected chi connectivity index (χ3v) is 5.04. The first-order chi connectivity index (χ1) is 12.8. The van der Waals surface area contributed by atoms with Crippen LogP contribution in [0.3, 0.4) is 0 Å². The molecule has 7 heteroatoms. The monoisotopic (exact) mass is 384 g/mol. The smallest absolute Gasteiger partial charge is 0.336 e. The number of hydrogen-bond donors (Lipinski definition) is 1.